The Kier molecular flexibility index (Phi) is 5.42. The van der Waals surface area contributed by atoms with Gasteiger partial charge in [-0.3, -0.25) is 14.4 Å². The zero-order chi connectivity index (χ0) is 19.8. The van der Waals surface area contributed by atoms with Crippen LogP contribution in [0.1, 0.15) is 50.4 Å². The molecule has 0 spiro atoms. The average molecular weight is 375 g/mol. The number of ether oxygens (including phenoxy) is 1. The number of morpholine rings is 1. The quantitative estimate of drug-likeness (QED) is 0.845. The highest BCUT2D eigenvalue weighted by atomic mass is 16.5. The smallest absolute Gasteiger partial charge is 0.255 e. The summed E-state index contributed by atoms with van der Waals surface area (Å²) in [6.07, 6.45) is 3.68. The molecule has 3 rings (SSSR count). The molecular formula is C20H29N3O4. The first-order valence-corrected chi connectivity index (χ1v) is 9.57. The van der Waals surface area contributed by atoms with E-state index in [1.54, 1.807) is 19.3 Å². The fraction of sp³-hybridized carbons (Fsp3) is 0.650. The van der Waals surface area contributed by atoms with Gasteiger partial charge in [0.1, 0.15) is 0 Å². The standard InChI is InChI=1S/C20H29N3O4/c1-20(2,3)21-18(25)13-5-7-16-15(11-13)23(9-10-27-16)19(26)14-6-8-17(24)22(4)12-14/h6,8,12-13,15-16H,5,7,9-11H2,1-4H3,(H,21,25)/t13-,15+,16+/m0/s1. The van der Waals surface area contributed by atoms with Crippen LogP contribution in [-0.2, 0) is 16.6 Å². The van der Waals surface area contributed by atoms with Crippen LogP contribution in [0.2, 0.25) is 0 Å². The van der Waals surface area contributed by atoms with Gasteiger partial charge in [-0.05, 0) is 46.1 Å². The first-order valence-electron chi connectivity index (χ1n) is 9.57. The van der Waals surface area contributed by atoms with Crippen molar-refractivity contribution in [2.45, 2.75) is 57.7 Å². The highest BCUT2D eigenvalue weighted by Gasteiger charge is 2.42. The van der Waals surface area contributed by atoms with Gasteiger partial charge in [-0.1, -0.05) is 0 Å². The summed E-state index contributed by atoms with van der Waals surface area (Å²) in [6.45, 7) is 6.90. The summed E-state index contributed by atoms with van der Waals surface area (Å²) in [6, 6.07) is 2.86. The third-order valence-electron chi connectivity index (χ3n) is 5.28. The highest BCUT2D eigenvalue weighted by Crippen LogP contribution is 2.33. The molecule has 7 nitrogen and oxygen atoms in total. The number of hydrogen-bond acceptors (Lipinski definition) is 4. The summed E-state index contributed by atoms with van der Waals surface area (Å²) >= 11 is 0. The first-order chi connectivity index (χ1) is 12.7. The number of nitrogens with one attached hydrogen (secondary N) is 1. The van der Waals surface area contributed by atoms with Crippen LogP contribution in [0.5, 0.6) is 0 Å². The molecule has 0 bridgehead atoms. The molecule has 1 aliphatic carbocycles. The summed E-state index contributed by atoms with van der Waals surface area (Å²) in [5, 5.41) is 3.05. The van der Waals surface area contributed by atoms with E-state index in [0.29, 0.717) is 25.1 Å². The van der Waals surface area contributed by atoms with Crippen molar-refractivity contribution in [3.63, 3.8) is 0 Å². The molecule has 0 radical (unpaired) electrons. The van der Waals surface area contributed by atoms with Gasteiger partial charge in [-0.2, -0.15) is 0 Å². The molecule has 0 aromatic carbocycles. The minimum absolute atomic E-state index is 0.0334. The number of aryl methyl sites for hydroxylation is 1. The van der Waals surface area contributed by atoms with Crippen molar-refractivity contribution in [3.05, 3.63) is 34.2 Å². The molecule has 1 aromatic heterocycles. The Morgan fingerprint density at radius 3 is 2.63 bits per heavy atom. The SMILES string of the molecule is Cn1cc(C(=O)N2CCO[C@@H]3CC[C@H](C(=O)NC(C)(C)C)C[C@H]32)ccc1=O. The average Bonchev–Trinajstić information content (AvgIpc) is 2.61. The van der Waals surface area contributed by atoms with Gasteiger partial charge < -0.3 is 19.5 Å². The van der Waals surface area contributed by atoms with Crippen LogP contribution in [0, 0.1) is 5.92 Å². The maximum atomic E-state index is 13.1. The van der Waals surface area contributed by atoms with Crippen molar-refractivity contribution in [1.29, 1.82) is 0 Å². The molecular weight excluding hydrogens is 346 g/mol. The van der Waals surface area contributed by atoms with E-state index in [1.165, 1.54) is 10.6 Å². The van der Waals surface area contributed by atoms with Crippen LogP contribution in [0.25, 0.3) is 0 Å². The third kappa shape index (κ3) is 4.40. The van der Waals surface area contributed by atoms with Crippen molar-refractivity contribution in [2.24, 2.45) is 13.0 Å². The molecule has 1 saturated carbocycles. The lowest BCUT2D eigenvalue weighted by molar-refractivity contribution is -0.133. The number of fused-ring (bicyclic) bond motifs is 1. The number of rotatable bonds is 2. The van der Waals surface area contributed by atoms with Crippen molar-refractivity contribution in [3.8, 4) is 0 Å². The van der Waals surface area contributed by atoms with Crippen LogP contribution >= 0.6 is 0 Å². The molecule has 1 aliphatic heterocycles. The Bertz CT molecular complexity index is 780. The van der Waals surface area contributed by atoms with Crippen molar-refractivity contribution in [1.82, 2.24) is 14.8 Å². The van der Waals surface area contributed by atoms with E-state index in [1.807, 2.05) is 25.7 Å². The lowest BCUT2D eigenvalue weighted by Crippen LogP contribution is -2.57. The topological polar surface area (TPSA) is 80.6 Å². The molecule has 0 unspecified atom stereocenters. The van der Waals surface area contributed by atoms with E-state index in [2.05, 4.69) is 5.32 Å². The maximum absolute atomic E-state index is 13.1. The van der Waals surface area contributed by atoms with Crippen molar-refractivity contribution in [2.75, 3.05) is 13.2 Å². The summed E-state index contributed by atoms with van der Waals surface area (Å²) < 4.78 is 7.30. The van der Waals surface area contributed by atoms with E-state index in [-0.39, 0.29) is 41.0 Å². The summed E-state index contributed by atoms with van der Waals surface area (Å²) in [5.41, 5.74) is 0.0587. The minimum Gasteiger partial charge on any atom is -0.374 e. The van der Waals surface area contributed by atoms with Crippen LogP contribution in [0.15, 0.2) is 23.1 Å². The molecule has 2 heterocycles. The van der Waals surface area contributed by atoms with Gasteiger partial charge >= 0.3 is 0 Å². The second-order valence-electron chi connectivity index (χ2n) is 8.59. The predicted octanol–water partition coefficient (Wildman–Crippen LogP) is 1.31. The molecule has 3 atom stereocenters. The Morgan fingerprint density at radius 2 is 1.96 bits per heavy atom. The van der Waals surface area contributed by atoms with Gasteiger partial charge in [-0.25, -0.2) is 0 Å². The summed E-state index contributed by atoms with van der Waals surface area (Å²) in [4.78, 5) is 39.1. The van der Waals surface area contributed by atoms with Crippen molar-refractivity contribution >= 4 is 11.8 Å². The van der Waals surface area contributed by atoms with Gasteiger partial charge in [-0.15, -0.1) is 0 Å². The van der Waals surface area contributed by atoms with E-state index < -0.39 is 0 Å². The lowest BCUT2D eigenvalue weighted by Gasteiger charge is -2.45. The maximum Gasteiger partial charge on any atom is 0.255 e. The molecule has 2 amide bonds. The molecule has 27 heavy (non-hydrogen) atoms. The van der Waals surface area contributed by atoms with E-state index in [4.69, 9.17) is 4.74 Å². The monoisotopic (exact) mass is 375 g/mol. The Balaban J connectivity index is 1.77. The molecule has 1 saturated heterocycles. The lowest BCUT2D eigenvalue weighted by atomic mass is 9.81. The van der Waals surface area contributed by atoms with Crippen LogP contribution < -0.4 is 10.9 Å². The number of carbonyl (C=O) groups is 2. The number of carbonyl (C=O) groups excluding carboxylic acids is 2. The number of amides is 2. The second-order valence-corrected chi connectivity index (χ2v) is 8.59. The largest absolute Gasteiger partial charge is 0.374 e. The second kappa shape index (κ2) is 7.46. The minimum atomic E-state index is -0.276. The Hall–Kier alpha value is -2.15. The third-order valence-corrected chi connectivity index (χ3v) is 5.28. The zero-order valence-corrected chi connectivity index (χ0v) is 16.5. The molecule has 7 heteroatoms. The van der Waals surface area contributed by atoms with Crippen LogP contribution in [-0.4, -0.2) is 52.1 Å². The Morgan fingerprint density at radius 1 is 1.22 bits per heavy atom. The molecule has 2 fully saturated rings. The number of nitrogens with zero attached hydrogens (tertiary/aromatic N) is 2. The van der Waals surface area contributed by atoms with Gasteiger partial charge in [0.15, 0.2) is 0 Å². The van der Waals surface area contributed by atoms with Gasteiger partial charge in [0.25, 0.3) is 5.91 Å². The van der Waals surface area contributed by atoms with Gasteiger partial charge in [0, 0.05) is 37.3 Å². The fourth-order valence-corrected chi connectivity index (χ4v) is 3.96. The molecule has 1 N–H and O–H groups in total. The van der Waals surface area contributed by atoms with Gasteiger partial charge in [0.2, 0.25) is 11.5 Å². The van der Waals surface area contributed by atoms with Gasteiger partial charge in [0.05, 0.1) is 24.3 Å². The number of pyridine rings is 1. The molecule has 2 aliphatic rings. The number of aromatic nitrogens is 1. The summed E-state index contributed by atoms with van der Waals surface area (Å²) in [5.74, 6) is -0.190. The zero-order valence-electron chi connectivity index (χ0n) is 16.5. The predicted molar refractivity (Wildman–Crippen MR) is 101 cm³/mol. The first kappa shape index (κ1) is 19.6. The Labute approximate surface area is 159 Å². The normalized spacial score (nSPS) is 25.6. The van der Waals surface area contributed by atoms with Crippen LogP contribution in [0.4, 0.5) is 0 Å². The van der Waals surface area contributed by atoms with Crippen molar-refractivity contribution < 1.29 is 14.3 Å². The molecule has 148 valence electrons. The molecule has 1 aromatic rings. The van der Waals surface area contributed by atoms with E-state index in [9.17, 15) is 14.4 Å². The fourth-order valence-electron chi connectivity index (χ4n) is 3.96. The van der Waals surface area contributed by atoms with E-state index >= 15 is 0 Å². The van der Waals surface area contributed by atoms with E-state index in [0.717, 1.165) is 12.8 Å². The van der Waals surface area contributed by atoms with Crippen LogP contribution in [0.3, 0.4) is 0 Å². The number of hydrogen-bond donors (Lipinski definition) is 1. The summed E-state index contributed by atoms with van der Waals surface area (Å²) in [7, 11) is 1.63. The highest BCUT2D eigenvalue weighted by molar-refractivity contribution is 5.94.